The van der Waals surface area contributed by atoms with Gasteiger partial charge in [-0.05, 0) is 62.3 Å². The Hall–Kier alpha value is -2.36. The van der Waals surface area contributed by atoms with E-state index in [4.69, 9.17) is 14.2 Å². The molecule has 0 aromatic carbocycles. The van der Waals surface area contributed by atoms with Crippen LogP contribution >= 0.6 is 0 Å². The molecule has 14 heteroatoms. The molecule has 45 heavy (non-hydrogen) atoms. The summed E-state index contributed by atoms with van der Waals surface area (Å²) in [5, 5.41) is 23.4. The number of aliphatic hydroxyl groups excluding tert-OH is 1. The Kier molecular flexibility index (Phi) is 14.2. The average Bonchev–Trinajstić information content (AvgIpc) is 3.21. The third-order valence-electron chi connectivity index (χ3n) is 7.21. The Morgan fingerprint density at radius 1 is 0.622 bits per heavy atom. The summed E-state index contributed by atoms with van der Waals surface area (Å²) in [5.41, 5.74) is -1.94. The standard InChI is InChI=1S/C31H57N5O9/c1-29(2,3)43-23(37)19-33-10-12-34(20-24(38)44-30(4,5)6)14-16-36(22-18-32-26(27(22)40)28(41)42)17-15-35(13-11-33)21-25(39)45-31(7,8)9/h22,26-27,32,40H,10-21H2,1-9H3,(H,41,42)/t22-,26+,27+/m1/s1. The minimum absolute atomic E-state index is 0.0272. The van der Waals surface area contributed by atoms with Crippen molar-refractivity contribution in [3.63, 3.8) is 0 Å². The van der Waals surface area contributed by atoms with Gasteiger partial charge in [0.25, 0.3) is 0 Å². The summed E-state index contributed by atoms with van der Waals surface area (Å²) in [5.74, 6) is -2.25. The first-order chi connectivity index (χ1) is 20.6. The van der Waals surface area contributed by atoms with Gasteiger partial charge >= 0.3 is 23.9 Å². The van der Waals surface area contributed by atoms with Gasteiger partial charge < -0.3 is 29.7 Å². The summed E-state index contributed by atoms with van der Waals surface area (Å²) in [4.78, 5) is 58.1. The molecule has 0 unspecified atom stereocenters. The van der Waals surface area contributed by atoms with Crippen molar-refractivity contribution in [2.75, 3.05) is 78.5 Å². The molecule has 2 heterocycles. The lowest BCUT2D eigenvalue weighted by Gasteiger charge is -2.37. The molecule has 0 aliphatic carbocycles. The first kappa shape index (κ1) is 38.8. The monoisotopic (exact) mass is 643 g/mol. The fraction of sp³-hybridized carbons (Fsp3) is 0.871. The van der Waals surface area contributed by atoms with E-state index in [0.29, 0.717) is 52.4 Å². The third-order valence-corrected chi connectivity index (χ3v) is 7.21. The highest BCUT2D eigenvalue weighted by Crippen LogP contribution is 2.17. The van der Waals surface area contributed by atoms with Crippen molar-refractivity contribution in [2.45, 2.75) is 97.3 Å². The van der Waals surface area contributed by atoms with Crippen LogP contribution in [0.15, 0.2) is 0 Å². The molecule has 2 aliphatic heterocycles. The summed E-state index contributed by atoms with van der Waals surface area (Å²) in [6.07, 6.45) is -1.14. The van der Waals surface area contributed by atoms with E-state index in [2.05, 4.69) is 5.32 Å². The van der Waals surface area contributed by atoms with Gasteiger partial charge in [0.1, 0.15) is 22.8 Å². The van der Waals surface area contributed by atoms with Crippen molar-refractivity contribution in [3.05, 3.63) is 0 Å². The molecular weight excluding hydrogens is 586 g/mol. The number of esters is 3. The van der Waals surface area contributed by atoms with Gasteiger partial charge in [-0.3, -0.25) is 38.8 Å². The molecule has 3 N–H and O–H groups in total. The number of carboxylic acid groups (broad SMARTS) is 1. The lowest BCUT2D eigenvalue weighted by molar-refractivity contribution is -0.158. The van der Waals surface area contributed by atoms with Crippen molar-refractivity contribution < 1.29 is 43.6 Å². The van der Waals surface area contributed by atoms with E-state index in [1.165, 1.54) is 0 Å². The molecule has 2 rings (SSSR count). The second-order valence-corrected chi connectivity index (χ2v) is 14.9. The van der Waals surface area contributed by atoms with E-state index in [0.717, 1.165) is 0 Å². The van der Waals surface area contributed by atoms with Crippen LogP contribution in [0, 0.1) is 0 Å². The topological polar surface area (TPSA) is 161 Å². The maximum atomic E-state index is 12.8. The number of hydrogen-bond donors (Lipinski definition) is 3. The Labute approximate surface area is 268 Å². The van der Waals surface area contributed by atoms with Gasteiger partial charge in [0.05, 0.1) is 31.8 Å². The Bertz CT molecular complexity index is 959. The largest absolute Gasteiger partial charge is 0.480 e. The molecule has 0 bridgehead atoms. The Morgan fingerprint density at radius 3 is 1.20 bits per heavy atom. The highest BCUT2D eigenvalue weighted by atomic mass is 16.6. The number of ether oxygens (including phenoxy) is 3. The Morgan fingerprint density at radius 2 is 0.933 bits per heavy atom. The van der Waals surface area contributed by atoms with Crippen LogP contribution in [0.3, 0.4) is 0 Å². The molecule has 2 aliphatic rings. The fourth-order valence-corrected chi connectivity index (χ4v) is 5.32. The van der Waals surface area contributed by atoms with E-state index >= 15 is 0 Å². The van der Waals surface area contributed by atoms with Crippen LogP contribution in [-0.2, 0) is 33.4 Å². The van der Waals surface area contributed by atoms with Crippen LogP contribution in [0.1, 0.15) is 62.3 Å². The number of carbonyl (C=O) groups excluding carboxylic acids is 3. The zero-order valence-electron chi connectivity index (χ0n) is 28.8. The summed E-state index contributed by atoms with van der Waals surface area (Å²) < 4.78 is 16.7. The van der Waals surface area contributed by atoms with Gasteiger partial charge in [0.2, 0.25) is 0 Å². The van der Waals surface area contributed by atoms with Gasteiger partial charge in [-0.1, -0.05) is 0 Å². The number of hydrogen-bond acceptors (Lipinski definition) is 13. The summed E-state index contributed by atoms with van der Waals surface area (Å²) >= 11 is 0. The number of aliphatic carboxylic acids is 1. The van der Waals surface area contributed by atoms with E-state index in [-0.39, 0.29) is 44.1 Å². The Balaban J connectivity index is 2.33. The minimum Gasteiger partial charge on any atom is -0.480 e. The van der Waals surface area contributed by atoms with Gasteiger partial charge in [-0.2, -0.15) is 0 Å². The third kappa shape index (κ3) is 15.2. The smallest absolute Gasteiger partial charge is 0.323 e. The number of rotatable bonds is 8. The molecule has 0 spiro atoms. The van der Waals surface area contributed by atoms with E-state index < -0.39 is 41.0 Å². The van der Waals surface area contributed by atoms with Crippen molar-refractivity contribution in [1.29, 1.82) is 0 Å². The lowest BCUT2D eigenvalue weighted by Crippen LogP contribution is -2.53. The molecule has 0 aromatic rings. The molecule has 0 radical (unpaired) electrons. The number of carboxylic acids is 1. The first-order valence-electron chi connectivity index (χ1n) is 15.8. The molecule has 2 saturated heterocycles. The zero-order chi connectivity index (χ0) is 34.2. The van der Waals surface area contributed by atoms with Crippen LogP contribution in [-0.4, -0.2) is 167 Å². The minimum atomic E-state index is -1.14. The van der Waals surface area contributed by atoms with E-state index in [1.54, 1.807) is 0 Å². The molecule has 2 fully saturated rings. The van der Waals surface area contributed by atoms with Gasteiger partial charge in [0, 0.05) is 58.9 Å². The predicted octanol–water partition coefficient (Wildman–Crippen LogP) is 0.0190. The van der Waals surface area contributed by atoms with Crippen LogP contribution in [0.25, 0.3) is 0 Å². The van der Waals surface area contributed by atoms with E-state index in [1.807, 2.05) is 81.9 Å². The highest BCUT2D eigenvalue weighted by Gasteiger charge is 2.42. The van der Waals surface area contributed by atoms with Gasteiger partial charge in [0.15, 0.2) is 0 Å². The van der Waals surface area contributed by atoms with Gasteiger partial charge in [-0.25, -0.2) is 0 Å². The fourth-order valence-electron chi connectivity index (χ4n) is 5.32. The SMILES string of the molecule is CC(C)(C)OC(=O)CN1CCN(CC(=O)OC(C)(C)C)CCN([C@@H]2CN[C@H](C(=O)O)[C@H]2O)CCN(CC(=O)OC(C)(C)C)CC1. The molecule has 0 aromatic heterocycles. The molecule has 3 atom stereocenters. The molecule has 14 nitrogen and oxygen atoms in total. The quantitative estimate of drug-likeness (QED) is 0.240. The van der Waals surface area contributed by atoms with Crippen molar-refractivity contribution >= 4 is 23.9 Å². The normalized spacial score (nSPS) is 24.4. The average molecular weight is 644 g/mol. The maximum Gasteiger partial charge on any atom is 0.323 e. The maximum absolute atomic E-state index is 12.8. The van der Waals surface area contributed by atoms with Crippen LogP contribution < -0.4 is 5.32 Å². The van der Waals surface area contributed by atoms with Crippen LogP contribution in [0.2, 0.25) is 0 Å². The second-order valence-electron chi connectivity index (χ2n) is 14.9. The first-order valence-corrected chi connectivity index (χ1v) is 15.8. The van der Waals surface area contributed by atoms with Crippen LogP contribution in [0.5, 0.6) is 0 Å². The summed E-state index contributed by atoms with van der Waals surface area (Å²) in [6, 6.07) is -1.57. The highest BCUT2D eigenvalue weighted by molar-refractivity contribution is 5.75. The van der Waals surface area contributed by atoms with Crippen molar-refractivity contribution in [3.8, 4) is 0 Å². The number of carbonyl (C=O) groups is 4. The molecule has 0 amide bonds. The second kappa shape index (κ2) is 16.5. The summed E-state index contributed by atoms with van der Waals surface area (Å²) in [6.45, 7) is 20.1. The van der Waals surface area contributed by atoms with Crippen LogP contribution in [0.4, 0.5) is 0 Å². The molecule has 0 saturated carbocycles. The number of nitrogens with one attached hydrogen (secondary N) is 1. The van der Waals surface area contributed by atoms with E-state index in [9.17, 15) is 29.4 Å². The zero-order valence-corrected chi connectivity index (χ0v) is 28.8. The lowest BCUT2D eigenvalue weighted by atomic mass is 10.1. The van der Waals surface area contributed by atoms with Crippen molar-refractivity contribution in [2.24, 2.45) is 0 Å². The van der Waals surface area contributed by atoms with Crippen molar-refractivity contribution in [1.82, 2.24) is 24.9 Å². The predicted molar refractivity (Wildman–Crippen MR) is 168 cm³/mol. The molecule has 260 valence electrons. The summed E-state index contributed by atoms with van der Waals surface area (Å²) in [7, 11) is 0. The molecular formula is C31H57N5O9. The number of nitrogens with zero attached hydrogens (tertiary/aromatic N) is 4. The number of aliphatic hydroxyl groups is 1. The van der Waals surface area contributed by atoms with Gasteiger partial charge in [-0.15, -0.1) is 0 Å².